The predicted octanol–water partition coefficient (Wildman–Crippen LogP) is 7.13. The molecule has 0 heterocycles. The molecule has 0 amide bonds. The van der Waals surface area contributed by atoms with Crippen LogP contribution < -0.4 is 9.47 Å². The molecule has 0 fully saturated rings. The van der Waals surface area contributed by atoms with Gasteiger partial charge in [-0.05, 0) is 47.2 Å². The minimum Gasteiger partial charge on any atom is -0.490 e. The number of unbranched alkanes of at least 4 members (excludes halogenated alkanes) is 4. The lowest BCUT2D eigenvalue weighted by molar-refractivity contribution is 0.262. The van der Waals surface area contributed by atoms with Crippen molar-refractivity contribution < 1.29 is 9.47 Å². The molecule has 0 atom stereocenters. The topological polar surface area (TPSA) is 18.5 Å². The first-order valence-electron chi connectivity index (χ1n) is 10.0. The van der Waals surface area contributed by atoms with Gasteiger partial charge in [-0.15, -0.1) is 0 Å². The van der Waals surface area contributed by atoms with E-state index in [0.29, 0.717) is 0 Å². The van der Waals surface area contributed by atoms with Gasteiger partial charge in [-0.25, -0.2) is 0 Å². The van der Waals surface area contributed by atoms with E-state index in [1.54, 1.807) is 0 Å². The van der Waals surface area contributed by atoms with Crippen molar-refractivity contribution in [3.8, 4) is 11.5 Å². The highest BCUT2D eigenvalue weighted by Gasteiger charge is 2.12. The molecule has 0 bridgehead atoms. The Morgan fingerprint density at radius 3 is 2.00 bits per heavy atom. The van der Waals surface area contributed by atoms with Gasteiger partial charge in [0.25, 0.3) is 0 Å². The Balaban J connectivity index is 1.94. The first-order valence-corrected chi connectivity index (χ1v) is 10.0. The summed E-state index contributed by atoms with van der Waals surface area (Å²) in [4.78, 5) is 0. The summed E-state index contributed by atoms with van der Waals surface area (Å²) >= 11 is 0. The molecule has 0 aliphatic carbocycles. The number of benzene rings is 3. The van der Waals surface area contributed by atoms with E-state index in [1.165, 1.54) is 41.8 Å². The maximum absolute atomic E-state index is 6.23. The van der Waals surface area contributed by atoms with E-state index in [2.05, 4.69) is 62.4 Å². The predicted molar refractivity (Wildman–Crippen MR) is 111 cm³/mol. The minimum absolute atomic E-state index is 0.741. The molecule has 2 nitrogen and oxygen atoms in total. The van der Waals surface area contributed by atoms with Crippen molar-refractivity contribution in [2.45, 2.75) is 52.4 Å². The van der Waals surface area contributed by atoms with Gasteiger partial charge in [-0.2, -0.15) is 0 Å². The van der Waals surface area contributed by atoms with Crippen LogP contribution in [0.1, 0.15) is 52.4 Å². The van der Waals surface area contributed by atoms with Crippen LogP contribution in [0, 0.1) is 0 Å². The summed E-state index contributed by atoms with van der Waals surface area (Å²) in [6.07, 6.45) is 6.96. The maximum atomic E-state index is 6.23. The fourth-order valence-corrected chi connectivity index (χ4v) is 3.29. The second-order valence-electron chi connectivity index (χ2n) is 6.92. The smallest absolute Gasteiger partial charge is 0.168 e. The van der Waals surface area contributed by atoms with Gasteiger partial charge in [0.2, 0.25) is 0 Å². The van der Waals surface area contributed by atoms with E-state index >= 15 is 0 Å². The Bertz CT molecular complexity index is 838. The molecule has 0 saturated heterocycles. The Kier molecular flexibility index (Phi) is 6.76. The van der Waals surface area contributed by atoms with Gasteiger partial charge >= 0.3 is 0 Å². The number of rotatable bonds is 10. The van der Waals surface area contributed by atoms with Crippen LogP contribution in [0.4, 0.5) is 0 Å². The molecule has 138 valence electrons. The zero-order chi connectivity index (χ0) is 18.2. The maximum Gasteiger partial charge on any atom is 0.168 e. The second-order valence-corrected chi connectivity index (χ2v) is 6.92. The van der Waals surface area contributed by atoms with Crippen LogP contribution >= 0.6 is 0 Å². The molecule has 0 aromatic heterocycles. The number of hydrogen-bond donors (Lipinski definition) is 0. The zero-order valence-electron chi connectivity index (χ0n) is 16.1. The molecular weight excluding hydrogens is 320 g/mol. The first kappa shape index (κ1) is 18.6. The van der Waals surface area contributed by atoms with Crippen molar-refractivity contribution in [1.82, 2.24) is 0 Å². The highest BCUT2D eigenvalue weighted by Crippen LogP contribution is 2.38. The molecule has 0 N–H and O–H groups in total. The lowest BCUT2D eigenvalue weighted by atomic mass is 10.0. The molecule has 0 unspecified atom stereocenters. The highest BCUT2D eigenvalue weighted by atomic mass is 16.5. The largest absolute Gasteiger partial charge is 0.490 e. The summed E-state index contributed by atoms with van der Waals surface area (Å²) in [5.41, 5.74) is 0. The molecular formula is C24H30O2. The van der Waals surface area contributed by atoms with Gasteiger partial charge in [0.1, 0.15) is 0 Å². The molecule has 0 spiro atoms. The third-order valence-corrected chi connectivity index (χ3v) is 4.80. The zero-order valence-corrected chi connectivity index (χ0v) is 16.1. The van der Waals surface area contributed by atoms with Crippen molar-refractivity contribution in [2.75, 3.05) is 13.2 Å². The van der Waals surface area contributed by atoms with Crippen LogP contribution in [-0.4, -0.2) is 13.2 Å². The van der Waals surface area contributed by atoms with Crippen LogP contribution in [0.25, 0.3) is 21.5 Å². The van der Waals surface area contributed by atoms with Gasteiger partial charge in [0.15, 0.2) is 11.5 Å². The third kappa shape index (κ3) is 4.49. The monoisotopic (exact) mass is 350 g/mol. The van der Waals surface area contributed by atoms with E-state index < -0.39 is 0 Å². The normalized spacial score (nSPS) is 11.2. The first-order chi connectivity index (χ1) is 12.8. The standard InChI is InChI=1S/C24H30O2/c1-3-5-9-15-25-23-14-13-21-17-19-11-7-8-12-20(19)18-22(21)24(23)26-16-10-6-4-2/h7-8,11-14,17-18H,3-6,9-10,15-16H2,1-2H3. The molecule has 3 rings (SSSR count). The number of fused-ring (bicyclic) bond motifs is 2. The molecule has 3 aromatic rings. The van der Waals surface area contributed by atoms with Crippen LogP contribution in [-0.2, 0) is 0 Å². The summed E-state index contributed by atoms with van der Waals surface area (Å²) in [6, 6.07) is 17.2. The SMILES string of the molecule is CCCCCOc1ccc2cc3ccccc3cc2c1OCCCCC. The van der Waals surface area contributed by atoms with E-state index in [-0.39, 0.29) is 0 Å². The van der Waals surface area contributed by atoms with E-state index in [9.17, 15) is 0 Å². The van der Waals surface area contributed by atoms with Gasteiger partial charge in [0.05, 0.1) is 13.2 Å². The van der Waals surface area contributed by atoms with E-state index in [0.717, 1.165) is 42.9 Å². The number of ether oxygens (including phenoxy) is 2. The molecule has 0 aliphatic heterocycles. The quantitative estimate of drug-likeness (QED) is 0.286. The lowest BCUT2D eigenvalue weighted by Crippen LogP contribution is -2.03. The minimum atomic E-state index is 0.741. The summed E-state index contributed by atoms with van der Waals surface area (Å²) in [5.74, 6) is 1.78. The second kappa shape index (κ2) is 9.47. The van der Waals surface area contributed by atoms with Crippen LogP contribution in [0.3, 0.4) is 0 Å². The fraction of sp³-hybridized carbons (Fsp3) is 0.417. The van der Waals surface area contributed by atoms with Gasteiger partial charge in [-0.3, -0.25) is 0 Å². The van der Waals surface area contributed by atoms with Crippen LogP contribution in [0.2, 0.25) is 0 Å². The highest BCUT2D eigenvalue weighted by molar-refractivity contribution is 6.01. The van der Waals surface area contributed by atoms with Crippen molar-refractivity contribution in [1.29, 1.82) is 0 Å². The molecule has 0 saturated carbocycles. The average molecular weight is 351 g/mol. The van der Waals surface area contributed by atoms with Gasteiger partial charge in [0, 0.05) is 5.39 Å². The average Bonchev–Trinajstić information content (AvgIpc) is 2.68. The molecule has 2 heteroatoms. The molecule has 26 heavy (non-hydrogen) atoms. The Morgan fingerprint density at radius 1 is 0.654 bits per heavy atom. The lowest BCUT2D eigenvalue weighted by Gasteiger charge is -2.16. The summed E-state index contributed by atoms with van der Waals surface area (Å²) in [7, 11) is 0. The Labute approximate surface area is 157 Å². The van der Waals surface area contributed by atoms with Crippen molar-refractivity contribution in [3.63, 3.8) is 0 Å². The van der Waals surface area contributed by atoms with E-state index in [4.69, 9.17) is 9.47 Å². The Hall–Kier alpha value is -2.22. The van der Waals surface area contributed by atoms with E-state index in [1.807, 2.05) is 0 Å². The summed E-state index contributed by atoms with van der Waals surface area (Å²) < 4.78 is 12.3. The van der Waals surface area contributed by atoms with Crippen LogP contribution in [0.5, 0.6) is 11.5 Å². The summed E-state index contributed by atoms with van der Waals surface area (Å²) in [5, 5.41) is 4.85. The summed E-state index contributed by atoms with van der Waals surface area (Å²) in [6.45, 7) is 5.92. The van der Waals surface area contributed by atoms with Crippen molar-refractivity contribution in [2.24, 2.45) is 0 Å². The molecule has 0 aliphatic rings. The van der Waals surface area contributed by atoms with Crippen LogP contribution in [0.15, 0.2) is 48.5 Å². The van der Waals surface area contributed by atoms with Gasteiger partial charge in [-0.1, -0.05) is 69.9 Å². The fourth-order valence-electron chi connectivity index (χ4n) is 3.29. The van der Waals surface area contributed by atoms with Crippen molar-refractivity contribution in [3.05, 3.63) is 48.5 Å². The van der Waals surface area contributed by atoms with Gasteiger partial charge < -0.3 is 9.47 Å². The molecule has 0 radical (unpaired) electrons. The Morgan fingerprint density at radius 2 is 1.31 bits per heavy atom. The molecule has 3 aromatic carbocycles. The number of hydrogen-bond acceptors (Lipinski definition) is 2. The third-order valence-electron chi connectivity index (χ3n) is 4.80. The van der Waals surface area contributed by atoms with Crippen molar-refractivity contribution >= 4 is 21.5 Å².